The van der Waals surface area contributed by atoms with Crippen molar-refractivity contribution >= 4 is 54.4 Å². The lowest BCUT2D eigenvalue weighted by Gasteiger charge is -2.13. The Hall–Kier alpha value is -4.82. The van der Waals surface area contributed by atoms with Gasteiger partial charge < -0.3 is 9.55 Å². The first-order valence-corrected chi connectivity index (χ1v) is 12.4. The van der Waals surface area contributed by atoms with Gasteiger partial charge in [-0.05, 0) is 52.9 Å². The first kappa shape index (κ1) is 19.5. The van der Waals surface area contributed by atoms with Gasteiger partial charge in [0, 0.05) is 43.7 Å². The summed E-state index contributed by atoms with van der Waals surface area (Å²) >= 11 is 0. The lowest BCUT2D eigenvalue weighted by Crippen LogP contribution is -1.94. The molecule has 0 radical (unpaired) electrons. The van der Waals surface area contributed by atoms with E-state index >= 15 is 0 Å². The Morgan fingerprint density at radius 2 is 1.11 bits per heavy atom. The number of nitrogens with zero attached hydrogens (tertiary/aromatic N) is 1. The highest BCUT2D eigenvalue weighted by atomic mass is 15.0. The van der Waals surface area contributed by atoms with Crippen LogP contribution in [0, 0.1) is 0 Å². The van der Waals surface area contributed by atoms with Crippen LogP contribution < -0.4 is 0 Å². The minimum atomic E-state index is 1.17. The average Bonchev–Trinajstić information content (AvgIpc) is 3.48. The number of H-pyrrole nitrogens is 1. The van der Waals surface area contributed by atoms with Crippen molar-refractivity contribution < 1.29 is 0 Å². The van der Waals surface area contributed by atoms with Gasteiger partial charge in [-0.25, -0.2) is 0 Å². The van der Waals surface area contributed by atoms with Crippen molar-refractivity contribution in [1.82, 2.24) is 9.55 Å². The normalized spacial score (nSPS) is 11.9. The molecule has 168 valence electrons. The molecular formula is C34H22N2. The quantitative estimate of drug-likeness (QED) is 0.266. The van der Waals surface area contributed by atoms with Crippen LogP contribution in [0.15, 0.2) is 127 Å². The number of aromatic amines is 1. The van der Waals surface area contributed by atoms with Crippen molar-refractivity contribution in [2.75, 3.05) is 0 Å². The Bertz CT molecular complexity index is 2090. The number of hydrogen-bond donors (Lipinski definition) is 1. The molecule has 0 spiro atoms. The molecule has 2 aromatic heterocycles. The summed E-state index contributed by atoms with van der Waals surface area (Å²) in [5.41, 5.74) is 8.50. The smallest absolute Gasteiger partial charge is 0.0619 e. The molecule has 0 bridgehead atoms. The molecule has 0 aliphatic heterocycles. The highest BCUT2D eigenvalue weighted by Crippen LogP contribution is 2.41. The zero-order valence-corrected chi connectivity index (χ0v) is 19.6. The molecule has 2 heteroatoms. The van der Waals surface area contributed by atoms with Gasteiger partial charge in [0.25, 0.3) is 0 Å². The summed E-state index contributed by atoms with van der Waals surface area (Å²) in [4.78, 5) is 3.62. The minimum Gasteiger partial charge on any atom is -0.354 e. The number of aromatic nitrogens is 2. The largest absolute Gasteiger partial charge is 0.354 e. The maximum Gasteiger partial charge on any atom is 0.0619 e. The van der Waals surface area contributed by atoms with Gasteiger partial charge >= 0.3 is 0 Å². The van der Waals surface area contributed by atoms with E-state index in [-0.39, 0.29) is 0 Å². The zero-order chi connectivity index (χ0) is 23.6. The molecule has 0 fully saturated rings. The number of fused-ring (bicyclic) bond motifs is 8. The lowest BCUT2D eigenvalue weighted by atomic mass is 9.94. The molecule has 2 heterocycles. The third kappa shape index (κ3) is 2.67. The molecule has 8 rings (SSSR count). The second-order valence-corrected chi connectivity index (χ2v) is 9.48. The number of nitrogens with one attached hydrogen (secondary N) is 1. The molecule has 8 aromatic rings. The first-order chi connectivity index (χ1) is 17.9. The van der Waals surface area contributed by atoms with E-state index in [4.69, 9.17) is 0 Å². The molecule has 1 N–H and O–H groups in total. The second-order valence-electron chi connectivity index (χ2n) is 9.48. The topological polar surface area (TPSA) is 20.7 Å². The number of benzene rings is 6. The number of para-hydroxylation sites is 3. The predicted octanol–water partition coefficient (Wildman–Crippen LogP) is 9.24. The SMILES string of the molecule is c1ccc(-n2c3ccccc3c3cc(-c4ccc5c(c4)[nH]c4ccccc45)c4ccccc4c32)cc1. The highest BCUT2D eigenvalue weighted by Gasteiger charge is 2.18. The molecule has 6 aromatic carbocycles. The van der Waals surface area contributed by atoms with E-state index < -0.39 is 0 Å². The Kier molecular flexibility index (Phi) is 3.97. The van der Waals surface area contributed by atoms with Gasteiger partial charge in [-0.3, -0.25) is 0 Å². The molecule has 0 unspecified atom stereocenters. The van der Waals surface area contributed by atoms with E-state index in [0.29, 0.717) is 0 Å². The maximum absolute atomic E-state index is 3.62. The summed E-state index contributed by atoms with van der Waals surface area (Å²) < 4.78 is 2.41. The molecule has 2 nitrogen and oxygen atoms in total. The molecular weight excluding hydrogens is 436 g/mol. The van der Waals surface area contributed by atoms with Crippen LogP contribution in [0.1, 0.15) is 0 Å². The monoisotopic (exact) mass is 458 g/mol. The van der Waals surface area contributed by atoms with Crippen molar-refractivity contribution in [3.63, 3.8) is 0 Å². The van der Waals surface area contributed by atoms with E-state index in [0.717, 1.165) is 0 Å². The first-order valence-electron chi connectivity index (χ1n) is 12.4. The molecule has 36 heavy (non-hydrogen) atoms. The molecule has 0 amide bonds. The number of rotatable bonds is 2. The van der Waals surface area contributed by atoms with Crippen LogP contribution in [0.2, 0.25) is 0 Å². The van der Waals surface area contributed by atoms with Gasteiger partial charge in [-0.1, -0.05) is 91.0 Å². The summed E-state index contributed by atoms with van der Waals surface area (Å²) in [7, 11) is 0. The van der Waals surface area contributed by atoms with E-state index in [9.17, 15) is 0 Å². The van der Waals surface area contributed by atoms with Gasteiger partial charge in [-0.15, -0.1) is 0 Å². The fourth-order valence-electron chi connectivity index (χ4n) is 5.93. The number of hydrogen-bond acceptors (Lipinski definition) is 0. The van der Waals surface area contributed by atoms with Crippen LogP contribution in [0.5, 0.6) is 0 Å². The fourth-order valence-corrected chi connectivity index (χ4v) is 5.93. The fraction of sp³-hybridized carbons (Fsp3) is 0. The maximum atomic E-state index is 3.62. The molecule has 0 atom stereocenters. The van der Waals surface area contributed by atoms with Crippen LogP contribution in [-0.4, -0.2) is 9.55 Å². The van der Waals surface area contributed by atoms with Gasteiger partial charge in [0.1, 0.15) is 0 Å². The molecule has 0 saturated heterocycles. The van der Waals surface area contributed by atoms with Crippen LogP contribution in [-0.2, 0) is 0 Å². The van der Waals surface area contributed by atoms with E-state index in [1.807, 2.05) is 0 Å². The molecule has 0 aliphatic carbocycles. The average molecular weight is 459 g/mol. The van der Waals surface area contributed by atoms with Crippen LogP contribution in [0.25, 0.3) is 71.2 Å². The van der Waals surface area contributed by atoms with E-state index in [1.165, 1.54) is 71.2 Å². The van der Waals surface area contributed by atoms with Crippen LogP contribution in [0.4, 0.5) is 0 Å². The summed E-state index contributed by atoms with van der Waals surface area (Å²) in [6.07, 6.45) is 0. The molecule has 0 aliphatic rings. The van der Waals surface area contributed by atoms with E-state index in [2.05, 4.69) is 137 Å². The Morgan fingerprint density at radius 1 is 0.444 bits per heavy atom. The summed E-state index contributed by atoms with van der Waals surface area (Å²) in [5, 5.41) is 7.61. The predicted molar refractivity (Wildman–Crippen MR) is 153 cm³/mol. The molecule has 0 saturated carbocycles. The summed E-state index contributed by atoms with van der Waals surface area (Å²) in [5.74, 6) is 0. The lowest BCUT2D eigenvalue weighted by molar-refractivity contribution is 1.19. The highest BCUT2D eigenvalue weighted by molar-refractivity contribution is 6.22. The van der Waals surface area contributed by atoms with Crippen molar-refractivity contribution in [1.29, 1.82) is 0 Å². The van der Waals surface area contributed by atoms with Crippen molar-refractivity contribution in [2.24, 2.45) is 0 Å². The van der Waals surface area contributed by atoms with E-state index in [1.54, 1.807) is 0 Å². The Morgan fingerprint density at radius 3 is 1.97 bits per heavy atom. The van der Waals surface area contributed by atoms with Gasteiger partial charge in [-0.2, -0.15) is 0 Å². The van der Waals surface area contributed by atoms with Gasteiger partial charge in [0.15, 0.2) is 0 Å². The van der Waals surface area contributed by atoms with Crippen LogP contribution >= 0.6 is 0 Å². The third-order valence-electron chi connectivity index (χ3n) is 7.51. The van der Waals surface area contributed by atoms with Crippen LogP contribution in [0.3, 0.4) is 0 Å². The third-order valence-corrected chi connectivity index (χ3v) is 7.51. The second kappa shape index (κ2) is 7.34. The summed E-state index contributed by atoms with van der Waals surface area (Å²) in [6.45, 7) is 0. The Balaban J connectivity index is 1.50. The minimum absolute atomic E-state index is 1.17. The summed E-state index contributed by atoms with van der Waals surface area (Å²) in [6, 6.07) is 46.0. The standard InChI is InChI=1S/C34H22N2/c1-2-10-23(11-3-1)36-33-17-9-7-14-27(33)30-21-29(24-12-4-5-15-28(24)34(30)36)22-18-19-26-25-13-6-8-16-31(25)35-32(26)20-22/h1-21,35H. The zero-order valence-electron chi connectivity index (χ0n) is 19.6. The van der Waals surface area contributed by atoms with Gasteiger partial charge in [0.05, 0.1) is 11.0 Å². The van der Waals surface area contributed by atoms with Crippen molar-refractivity contribution in [3.05, 3.63) is 127 Å². The Labute approximate surface area is 208 Å². The van der Waals surface area contributed by atoms with Gasteiger partial charge in [0.2, 0.25) is 0 Å². The van der Waals surface area contributed by atoms with Crippen molar-refractivity contribution in [2.45, 2.75) is 0 Å². The van der Waals surface area contributed by atoms with Crippen molar-refractivity contribution in [3.8, 4) is 16.8 Å².